The van der Waals surface area contributed by atoms with Crippen molar-refractivity contribution in [1.29, 1.82) is 0 Å². The van der Waals surface area contributed by atoms with Gasteiger partial charge in [0.05, 0.1) is 6.26 Å². The first-order chi connectivity index (χ1) is 11.7. The molecule has 120 valence electrons. The van der Waals surface area contributed by atoms with E-state index in [1.165, 1.54) is 29.6 Å². The molecule has 3 aromatic rings. The second-order valence-electron chi connectivity index (χ2n) is 5.17. The molecule has 3 heterocycles. The standard InChI is InChI=1S/C16H12FN5O2/c17-11-6-7-24-16(11)22-9-20-12-13(18-8-19-14(12)22)21-15(23)10-4-2-1-3-5-10/h1-9,11,16H,(H,18,19,21,23). The molecule has 8 heteroatoms. The van der Waals surface area contributed by atoms with Crippen LogP contribution in [0.25, 0.3) is 11.2 Å². The van der Waals surface area contributed by atoms with Gasteiger partial charge in [0, 0.05) is 5.56 Å². The molecular weight excluding hydrogens is 313 g/mol. The molecular formula is C16H12FN5O2. The third-order valence-electron chi connectivity index (χ3n) is 3.65. The zero-order chi connectivity index (χ0) is 16.5. The fourth-order valence-corrected chi connectivity index (χ4v) is 2.49. The predicted octanol–water partition coefficient (Wildman–Crippen LogP) is 2.46. The molecule has 24 heavy (non-hydrogen) atoms. The van der Waals surface area contributed by atoms with Crippen LogP contribution in [0.5, 0.6) is 0 Å². The van der Waals surface area contributed by atoms with Gasteiger partial charge in [0.2, 0.25) is 6.23 Å². The molecule has 0 saturated carbocycles. The Balaban J connectivity index is 1.68. The number of ether oxygens (including phenoxy) is 1. The molecule has 0 saturated heterocycles. The molecule has 1 aromatic carbocycles. The number of benzene rings is 1. The van der Waals surface area contributed by atoms with Crippen molar-refractivity contribution in [3.63, 3.8) is 0 Å². The van der Waals surface area contributed by atoms with Crippen LogP contribution in [0, 0.1) is 0 Å². The van der Waals surface area contributed by atoms with E-state index in [0.717, 1.165) is 0 Å². The Bertz CT molecular complexity index is 925. The maximum absolute atomic E-state index is 13.8. The van der Waals surface area contributed by atoms with Gasteiger partial charge in [-0.05, 0) is 18.2 Å². The molecule has 7 nitrogen and oxygen atoms in total. The highest BCUT2D eigenvalue weighted by Gasteiger charge is 2.28. The third kappa shape index (κ3) is 2.37. The van der Waals surface area contributed by atoms with Gasteiger partial charge >= 0.3 is 0 Å². The minimum absolute atomic E-state index is 0.258. The van der Waals surface area contributed by atoms with Gasteiger partial charge in [0.25, 0.3) is 5.91 Å². The number of fused-ring (bicyclic) bond motifs is 1. The minimum atomic E-state index is -1.29. The van der Waals surface area contributed by atoms with Gasteiger partial charge in [0.15, 0.2) is 23.2 Å². The van der Waals surface area contributed by atoms with Gasteiger partial charge < -0.3 is 10.1 Å². The summed E-state index contributed by atoms with van der Waals surface area (Å²) in [7, 11) is 0. The maximum atomic E-state index is 13.8. The zero-order valence-electron chi connectivity index (χ0n) is 12.3. The third-order valence-corrected chi connectivity index (χ3v) is 3.65. The number of hydrogen-bond acceptors (Lipinski definition) is 5. The minimum Gasteiger partial charge on any atom is -0.474 e. The first-order valence-corrected chi connectivity index (χ1v) is 7.24. The average Bonchev–Trinajstić information content (AvgIpc) is 3.22. The van der Waals surface area contributed by atoms with Crippen LogP contribution in [0.1, 0.15) is 16.6 Å². The number of imidazole rings is 1. The summed E-state index contributed by atoms with van der Waals surface area (Å²) in [5.41, 5.74) is 1.24. The fourth-order valence-electron chi connectivity index (χ4n) is 2.49. The highest BCUT2D eigenvalue weighted by molar-refractivity contribution is 6.06. The average molecular weight is 325 g/mol. The summed E-state index contributed by atoms with van der Waals surface area (Å²) < 4.78 is 20.5. The topological polar surface area (TPSA) is 81.9 Å². The van der Waals surface area contributed by atoms with Crippen LogP contribution in [0.15, 0.2) is 55.3 Å². The van der Waals surface area contributed by atoms with Gasteiger partial charge in [0.1, 0.15) is 12.7 Å². The van der Waals surface area contributed by atoms with E-state index >= 15 is 0 Å². The van der Waals surface area contributed by atoms with E-state index in [0.29, 0.717) is 16.7 Å². The highest BCUT2D eigenvalue weighted by Crippen LogP contribution is 2.28. The molecule has 1 aliphatic heterocycles. The predicted molar refractivity (Wildman–Crippen MR) is 83.9 cm³/mol. The van der Waals surface area contributed by atoms with Gasteiger partial charge in [-0.15, -0.1) is 0 Å². The number of amides is 1. The smallest absolute Gasteiger partial charge is 0.256 e. The van der Waals surface area contributed by atoms with E-state index in [2.05, 4.69) is 20.3 Å². The van der Waals surface area contributed by atoms with E-state index < -0.39 is 12.4 Å². The Kier molecular flexibility index (Phi) is 3.42. The molecule has 0 bridgehead atoms. The number of rotatable bonds is 3. The van der Waals surface area contributed by atoms with Crippen molar-refractivity contribution in [1.82, 2.24) is 19.5 Å². The van der Waals surface area contributed by atoms with Crippen molar-refractivity contribution in [2.45, 2.75) is 12.4 Å². The number of alkyl halides is 1. The molecule has 0 fully saturated rings. The van der Waals surface area contributed by atoms with E-state index in [-0.39, 0.29) is 11.7 Å². The van der Waals surface area contributed by atoms with E-state index in [1.807, 2.05) is 6.07 Å². The Hall–Kier alpha value is -3.29. The van der Waals surface area contributed by atoms with Crippen LogP contribution < -0.4 is 5.32 Å². The van der Waals surface area contributed by atoms with Crippen LogP contribution in [0.3, 0.4) is 0 Å². The number of aromatic nitrogens is 4. The van der Waals surface area contributed by atoms with Crippen LogP contribution >= 0.6 is 0 Å². The summed E-state index contributed by atoms with van der Waals surface area (Å²) in [6.45, 7) is 0. The van der Waals surface area contributed by atoms with Crippen molar-refractivity contribution in [3.8, 4) is 0 Å². The molecule has 4 rings (SSSR count). The van der Waals surface area contributed by atoms with Gasteiger partial charge in [-0.25, -0.2) is 19.3 Å². The molecule has 1 amide bonds. The summed E-state index contributed by atoms with van der Waals surface area (Å²) in [4.78, 5) is 24.7. The van der Waals surface area contributed by atoms with Gasteiger partial charge in [-0.2, -0.15) is 0 Å². The van der Waals surface area contributed by atoms with Gasteiger partial charge in [-0.1, -0.05) is 18.2 Å². The molecule has 1 aliphatic rings. The monoisotopic (exact) mass is 325 g/mol. The Morgan fingerprint density at radius 3 is 2.79 bits per heavy atom. The van der Waals surface area contributed by atoms with Crippen molar-refractivity contribution in [2.24, 2.45) is 0 Å². The Morgan fingerprint density at radius 2 is 2.04 bits per heavy atom. The van der Waals surface area contributed by atoms with Crippen molar-refractivity contribution in [3.05, 3.63) is 60.9 Å². The van der Waals surface area contributed by atoms with Crippen LogP contribution in [-0.4, -0.2) is 31.6 Å². The number of carbonyl (C=O) groups excluding carboxylic acids is 1. The summed E-state index contributed by atoms with van der Waals surface area (Å²) in [5.74, 6) is -0.0544. The molecule has 2 aromatic heterocycles. The van der Waals surface area contributed by atoms with Crippen LogP contribution in [0.4, 0.5) is 10.2 Å². The summed E-state index contributed by atoms with van der Waals surface area (Å²) >= 11 is 0. The molecule has 0 spiro atoms. The van der Waals surface area contributed by atoms with E-state index in [1.54, 1.807) is 24.3 Å². The zero-order valence-corrected chi connectivity index (χ0v) is 12.3. The first kappa shape index (κ1) is 14.3. The lowest BCUT2D eigenvalue weighted by Gasteiger charge is -2.14. The SMILES string of the molecule is O=C(Nc1ncnc2c1ncn2C1OC=CC1F)c1ccccc1. The van der Waals surface area contributed by atoms with Crippen molar-refractivity contribution in [2.75, 3.05) is 5.32 Å². The normalized spacial score (nSPS) is 19.4. The first-order valence-electron chi connectivity index (χ1n) is 7.24. The molecule has 0 aliphatic carbocycles. The quantitative estimate of drug-likeness (QED) is 0.800. The summed E-state index contributed by atoms with van der Waals surface area (Å²) in [6, 6.07) is 8.75. The Morgan fingerprint density at radius 1 is 1.21 bits per heavy atom. The lowest BCUT2D eigenvalue weighted by atomic mass is 10.2. The summed E-state index contributed by atoms with van der Waals surface area (Å²) in [5, 5.41) is 2.70. The number of nitrogens with zero attached hydrogens (tertiary/aromatic N) is 4. The second kappa shape index (κ2) is 5.73. The maximum Gasteiger partial charge on any atom is 0.256 e. The number of halogens is 1. The van der Waals surface area contributed by atoms with E-state index in [9.17, 15) is 9.18 Å². The van der Waals surface area contributed by atoms with Crippen LogP contribution in [-0.2, 0) is 4.74 Å². The van der Waals surface area contributed by atoms with E-state index in [4.69, 9.17) is 4.74 Å². The summed E-state index contributed by atoms with van der Waals surface area (Å²) in [6.07, 6.45) is 3.18. The largest absolute Gasteiger partial charge is 0.474 e. The lowest BCUT2D eigenvalue weighted by Crippen LogP contribution is -2.16. The molecule has 1 N–H and O–H groups in total. The lowest BCUT2D eigenvalue weighted by molar-refractivity contribution is 0.0541. The fraction of sp³-hybridized carbons (Fsp3) is 0.125. The molecule has 2 atom stereocenters. The molecule has 0 radical (unpaired) electrons. The van der Waals surface area contributed by atoms with Crippen molar-refractivity contribution >= 4 is 22.9 Å². The highest BCUT2D eigenvalue weighted by atomic mass is 19.1. The number of hydrogen-bond donors (Lipinski definition) is 1. The Labute approximate surface area is 135 Å². The van der Waals surface area contributed by atoms with Gasteiger partial charge in [-0.3, -0.25) is 9.36 Å². The second-order valence-corrected chi connectivity index (χ2v) is 5.17. The number of carbonyl (C=O) groups is 1. The number of anilines is 1. The van der Waals surface area contributed by atoms with Crippen molar-refractivity contribution < 1.29 is 13.9 Å². The molecule has 2 unspecified atom stereocenters. The van der Waals surface area contributed by atoms with Crippen LogP contribution in [0.2, 0.25) is 0 Å². The number of nitrogens with one attached hydrogen (secondary N) is 1.